The zero-order chi connectivity index (χ0) is 15.2. The maximum absolute atomic E-state index is 10.5. The van der Waals surface area contributed by atoms with Gasteiger partial charge in [0.05, 0.1) is 0 Å². The van der Waals surface area contributed by atoms with Crippen LogP contribution in [0.5, 0.6) is 0 Å². The topological polar surface area (TPSA) is 74.6 Å². The molecule has 0 heterocycles. The average molecular weight is 359 g/mol. The molecule has 134 valence electrons. The number of halogens is 2. The van der Waals surface area contributed by atoms with Gasteiger partial charge in [-0.3, -0.25) is 9.59 Å². The fraction of sp³-hybridized carbons (Fsp3) is 0.875. The molecule has 0 saturated carbocycles. The van der Waals surface area contributed by atoms with Gasteiger partial charge in [-0.1, -0.05) is 58.3 Å². The number of aliphatic carboxylic acids is 2. The Kier molecular flexibility index (Phi) is 22.3. The minimum absolute atomic E-state index is 0. The number of rotatable bonds is 14. The van der Waals surface area contributed by atoms with Crippen LogP contribution in [0.25, 0.3) is 0 Å². The summed E-state index contributed by atoms with van der Waals surface area (Å²) in [5, 5.41) is 17.2. The van der Waals surface area contributed by atoms with Gasteiger partial charge in [0.25, 0.3) is 0 Å². The first-order chi connectivity index (χ1) is 9.56. The molecule has 1 atom stereocenters. The minimum atomic E-state index is -0.697. The number of hydrogen-bond acceptors (Lipinski definition) is 2. The summed E-state index contributed by atoms with van der Waals surface area (Å²) < 4.78 is 0. The second-order valence-electron chi connectivity index (χ2n) is 5.61. The molecule has 0 aliphatic carbocycles. The average Bonchev–Trinajstić information content (AvgIpc) is 2.39. The van der Waals surface area contributed by atoms with E-state index in [-0.39, 0.29) is 24.8 Å². The molecule has 0 rings (SSSR count). The van der Waals surface area contributed by atoms with Crippen LogP contribution in [-0.4, -0.2) is 22.2 Å². The quantitative estimate of drug-likeness (QED) is 0.412. The van der Waals surface area contributed by atoms with Crippen LogP contribution in [0.2, 0.25) is 0 Å². The molecule has 0 spiro atoms. The van der Waals surface area contributed by atoms with Crippen LogP contribution >= 0.6 is 24.8 Å². The number of unbranched alkanes of at least 4 members (excludes halogenated alkanes) is 6. The Bertz CT molecular complexity index is 273. The summed E-state index contributed by atoms with van der Waals surface area (Å²) in [6, 6.07) is 0. The van der Waals surface area contributed by atoms with Gasteiger partial charge in [-0.15, -0.1) is 24.8 Å². The number of hydrogen-bond donors (Lipinski definition) is 2. The third kappa shape index (κ3) is 19.5. The second-order valence-corrected chi connectivity index (χ2v) is 5.61. The summed E-state index contributed by atoms with van der Waals surface area (Å²) in [4.78, 5) is 20.9. The van der Waals surface area contributed by atoms with Crippen molar-refractivity contribution < 1.29 is 19.8 Å². The Hall–Kier alpha value is -0.480. The third-order valence-electron chi connectivity index (χ3n) is 3.85. The van der Waals surface area contributed by atoms with E-state index in [9.17, 15) is 9.59 Å². The highest BCUT2D eigenvalue weighted by molar-refractivity contribution is 5.85. The van der Waals surface area contributed by atoms with E-state index in [1.54, 1.807) is 0 Å². The summed E-state index contributed by atoms with van der Waals surface area (Å²) in [6.07, 6.45) is 11.3. The molecule has 4 nitrogen and oxygen atoms in total. The lowest BCUT2D eigenvalue weighted by atomic mass is 9.93. The van der Waals surface area contributed by atoms with Crippen LogP contribution in [0.4, 0.5) is 0 Å². The molecule has 0 radical (unpaired) electrons. The van der Waals surface area contributed by atoms with Gasteiger partial charge in [0.15, 0.2) is 0 Å². The maximum atomic E-state index is 10.5. The molecule has 1 unspecified atom stereocenters. The van der Waals surface area contributed by atoms with Gasteiger partial charge >= 0.3 is 11.9 Å². The second kappa shape index (κ2) is 18.6. The molecule has 0 saturated heterocycles. The van der Waals surface area contributed by atoms with Gasteiger partial charge in [0, 0.05) is 12.8 Å². The van der Waals surface area contributed by atoms with Gasteiger partial charge in [0.1, 0.15) is 0 Å². The molecule has 2 N–H and O–H groups in total. The Labute approximate surface area is 146 Å². The van der Waals surface area contributed by atoms with Gasteiger partial charge in [0.2, 0.25) is 0 Å². The van der Waals surface area contributed by atoms with Gasteiger partial charge < -0.3 is 10.2 Å². The van der Waals surface area contributed by atoms with Crippen LogP contribution in [0, 0.1) is 5.92 Å². The fourth-order valence-corrected chi connectivity index (χ4v) is 2.47. The van der Waals surface area contributed by atoms with E-state index in [1.165, 1.54) is 25.7 Å². The summed E-state index contributed by atoms with van der Waals surface area (Å²) in [6.45, 7) is 2.13. The first kappa shape index (κ1) is 26.4. The van der Waals surface area contributed by atoms with Crippen molar-refractivity contribution in [2.24, 2.45) is 5.92 Å². The monoisotopic (exact) mass is 358 g/mol. The van der Waals surface area contributed by atoms with Crippen molar-refractivity contribution in [2.45, 2.75) is 84.0 Å². The van der Waals surface area contributed by atoms with Crippen LogP contribution in [0.1, 0.15) is 84.0 Å². The van der Waals surface area contributed by atoms with Crippen molar-refractivity contribution in [2.75, 3.05) is 0 Å². The predicted octanol–water partition coefficient (Wildman–Crippen LogP) is 5.32. The first-order valence-corrected chi connectivity index (χ1v) is 7.99. The van der Waals surface area contributed by atoms with Crippen LogP contribution in [0.15, 0.2) is 0 Å². The van der Waals surface area contributed by atoms with E-state index in [1.807, 2.05) is 0 Å². The zero-order valence-corrected chi connectivity index (χ0v) is 15.2. The fourth-order valence-electron chi connectivity index (χ4n) is 2.47. The normalized spacial score (nSPS) is 11.1. The highest BCUT2D eigenvalue weighted by Crippen LogP contribution is 2.19. The Morgan fingerprint density at radius 1 is 0.727 bits per heavy atom. The van der Waals surface area contributed by atoms with Crippen molar-refractivity contribution in [1.29, 1.82) is 0 Å². The third-order valence-corrected chi connectivity index (χ3v) is 3.85. The van der Waals surface area contributed by atoms with Crippen molar-refractivity contribution >= 4 is 36.8 Å². The largest absolute Gasteiger partial charge is 0.481 e. The molecule has 6 heteroatoms. The molecule has 22 heavy (non-hydrogen) atoms. The molecule has 0 bridgehead atoms. The summed E-state index contributed by atoms with van der Waals surface area (Å²) in [5.74, 6) is -0.830. The van der Waals surface area contributed by atoms with E-state index in [0.29, 0.717) is 18.8 Å². The predicted molar refractivity (Wildman–Crippen MR) is 94.3 cm³/mol. The number of carbonyl (C=O) groups is 2. The highest BCUT2D eigenvalue weighted by Gasteiger charge is 2.08. The first-order valence-electron chi connectivity index (χ1n) is 7.99. The van der Waals surface area contributed by atoms with Crippen molar-refractivity contribution in [3.63, 3.8) is 0 Å². The Balaban J connectivity index is -0.00000180. The van der Waals surface area contributed by atoms with Crippen molar-refractivity contribution in [3.05, 3.63) is 0 Å². The van der Waals surface area contributed by atoms with Crippen LogP contribution in [0.3, 0.4) is 0 Å². The molecule has 0 aromatic rings. The standard InChI is InChI=1S/C16H30O4.2ClH/c1-2-14(12-13-16(19)20)10-8-6-4-3-5-7-9-11-15(17)18;;/h14H,2-13H2,1H3,(H,17,18)(H,19,20);2*1H. The zero-order valence-electron chi connectivity index (χ0n) is 13.6. The van der Waals surface area contributed by atoms with E-state index in [4.69, 9.17) is 10.2 Å². The lowest BCUT2D eigenvalue weighted by Gasteiger charge is -2.13. The molecule has 0 aliphatic rings. The van der Waals surface area contributed by atoms with Crippen LogP contribution in [-0.2, 0) is 9.59 Å². The summed E-state index contributed by atoms with van der Waals surface area (Å²) >= 11 is 0. The minimum Gasteiger partial charge on any atom is -0.481 e. The number of carboxylic acids is 2. The summed E-state index contributed by atoms with van der Waals surface area (Å²) in [7, 11) is 0. The molecule has 0 aromatic heterocycles. The Morgan fingerprint density at radius 2 is 1.18 bits per heavy atom. The van der Waals surface area contributed by atoms with Crippen molar-refractivity contribution in [3.8, 4) is 0 Å². The molecule has 0 aromatic carbocycles. The molecular formula is C16H32Cl2O4. The maximum Gasteiger partial charge on any atom is 0.303 e. The van der Waals surface area contributed by atoms with E-state index >= 15 is 0 Å². The van der Waals surface area contributed by atoms with Crippen molar-refractivity contribution in [1.82, 2.24) is 0 Å². The molecule has 0 aliphatic heterocycles. The molecular weight excluding hydrogens is 327 g/mol. The van der Waals surface area contributed by atoms with E-state index in [2.05, 4.69) is 6.92 Å². The molecule has 0 fully saturated rings. The lowest BCUT2D eigenvalue weighted by Crippen LogP contribution is -2.03. The van der Waals surface area contributed by atoms with Crippen LogP contribution < -0.4 is 0 Å². The van der Waals surface area contributed by atoms with Gasteiger partial charge in [-0.05, 0) is 18.8 Å². The smallest absolute Gasteiger partial charge is 0.303 e. The number of carboxylic acid groups (broad SMARTS) is 2. The molecule has 0 amide bonds. The van der Waals surface area contributed by atoms with Gasteiger partial charge in [-0.25, -0.2) is 0 Å². The van der Waals surface area contributed by atoms with Gasteiger partial charge in [-0.2, -0.15) is 0 Å². The van der Waals surface area contributed by atoms with E-state index in [0.717, 1.165) is 38.5 Å². The summed E-state index contributed by atoms with van der Waals surface area (Å²) in [5.41, 5.74) is 0. The van der Waals surface area contributed by atoms with E-state index < -0.39 is 11.9 Å². The SMILES string of the molecule is CCC(CCCCCCCCCC(=O)O)CCC(=O)O.Cl.Cl. The highest BCUT2D eigenvalue weighted by atomic mass is 35.5. The lowest BCUT2D eigenvalue weighted by molar-refractivity contribution is -0.138. The Morgan fingerprint density at radius 3 is 1.64 bits per heavy atom.